The van der Waals surface area contributed by atoms with Gasteiger partial charge < -0.3 is 15.0 Å². The van der Waals surface area contributed by atoms with Gasteiger partial charge in [-0.1, -0.05) is 38.1 Å². The number of nitrogens with zero attached hydrogens (tertiary/aromatic N) is 2. The number of amides is 3. The van der Waals surface area contributed by atoms with E-state index in [2.05, 4.69) is 5.32 Å². The van der Waals surface area contributed by atoms with Crippen LogP contribution >= 0.6 is 0 Å². The molecule has 0 aliphatic carbocycles. The lowest BCUT2D eigenvalue weighted by Crippen LogP contribution is -2.60. The first kappa shape index (κ1) is 24.9. The first-order valence-electron chi connectivity index (χ1n) is 12.1. The lowest BCUT2D eigenvalue weighted by molar-refractivity contribution is -0.128. The lowest BCUT2D eigenvalue weighted by Gasteiger charge is -2.44. The molecule has 2 aliphatic rings. The Morgan fingerprint density at radius 2 is 1.80 bits per heavy atom. The summed E-state index contributed by atoms with van der Waals surface area (Å²) in [6, 6.07) is 12.2. The SMILES string of the molecule is Cc1ccccc1C(=O)N1[C@H](C(=O)NCC(C)C)COC12CCN(C(=O)c1cccc(F)c1)CC2. The van der Waals surface area contributed by atoms with Crippen LogP contribution < -0.4 is 5.32 Å². The van der Waals surface area contributed by atoms with Gasteiger partial charge >= 0.3 is 0 Å². The summed E-state index contributed by atoms with van der Waals surface area (Å²) >= 11 is 0. The average Bonchev–Trinajstić information content (AvgIpc) is 3.21. The summed E-state index contributed by atoms with van der Waals surface area (Å²) in [6.45, 7) is 7.14. The molecule has 2 fully saturated rings. The van der Waals surface area contributed by atoms with Crippen molar-refractivity contribution in [3.8, 4) is 0 Å². The molecule has 2 saturated heterocycles. The van der Waals surface area contributed by atoms with Crippen LogP contribution in [0.25, 0.3) is 0 Å². The van der Waals surface area contributed by atoms with Crippen molar-refractivity contribution in [1.82, 2.24) is 15.1 Å². The van der Waals surface area contributed by atoms with Crippen LogP contribution in [0.5, 0.6) is 0 Å². The first-order chi connectivity index (χ1) is 16.7. The highest BCUT2D eigenvalue weighted by molar-refractivity contribution is 5.99. The molecule has 1 spiro atoms. The zero-order valence-electron chi connectivity index (χ0n) is 20.4. The van der Waals surface area contributed by atoms with Crippen LogP contribution in [0.2, 0.25) is 0 Å². The fourth-order valence-corrected chi connectivity index (χ4v) is 4.80. The molecule has 2 heterocycles. The fraction of sp³-hybridized carbons (Fsp3) is 0.444. The Balaban J connectivity index is 1.58. The quantitative estimate of drug-likeness (QED) is 0.710. The largest absolute Gasteiger partial charge is 0.354 e. The molecule has 0 radical (unpaired) electrons. The van der Waals surface area contributed by atoms with Gasteiger partial charge in [-0.25, -0.2) is 4.39 Å². The van der Waals surface area contributed by atoms with E-state index in [9.17, 15) is 18.8 Å². The molecule has 7 nitrogen and oxygen atoms in total. The molecule has 0 aromatic heterocycles. The maximum absolute atomic E-state index is 13.8. The maximum Gasteiger partial charge on any atom is 0.257 e. The Morgan fingerprint density at radius 1 is 1.09 bits per heavy atom. The summed E-state index contributed by atoms with van der Waals surface area (Å²) in [6.07, 6.45) is 0.722. The standard InChI is InChI=1S/C27H32FN3O4/c1-18(2)16-29-24(32)23-17-35-27(31(23)26(34)22-10-5-4-7-19(22)3)11-13-30(14-12-27)25(33)20-8-6-9-21(28)15-20/h4-10,15,18,23H,11-14,16-17H2,1-3H3,(H,29,32)/t23-/m0/s1. The third-order valence-electron chi connectivity index (χ3n) is 6.75. The molecule has 2 aliphatic heterocycles. The number of benzene rings is 2. The molecule has 1 N–H and O–H groups in total. The smallest absolute Gasteiger partial charge is 0.257 e. The molecular formula is C27H32FN3O4. The van der Waals surface area contributed by atoms with Crippen LogP contribution in [0.15, 0.2) is 48.5 Å². The number of carbonyl (C=O) groups excluding carboxylic acids is 3. The molecule has 8 heteroatoms. The number of piperidine rings is 1. The monoisotopic (exact) mass is 481 g/mol. The van der Waals surface area contributed by atoms with Gasteiger partial charge in [0.15, 0.2) is 0 Å². The highest BCUT2D eigenvalue weighted by Gasteiger charge is 2.54. The number of hydrogen-bond acceptors (Lipinski definition) is 4. The summed E-state index contributed by atoms with van der Waals surface area (Å²) in [4.78, 5) is 43.1. The number of ether oxygens (including phenoxy) is 1. The van der Waals surface area contributed by atoms with Crippen molar-refractivity contribution in [3.05, 3.63) is 71.0 Å². The highest BCUT2D eigenvalue weighted by atomic mass is 19.1. The van der Waals surface area contributed by atoms with E-state index in [-0.39, 0.29) is 35.8 Å². The van der Waals surface area contributed by atoms with E-state index in [4.69, 9.17) is 4.74 Å². The minimum absolute atomic E-state index is 0.0966. The molecule has 1 atom stereocenters. The van der Waals surface area contributed by atoms with Gasteiger partial charge in [-0.15, -0.1) is 0 Å². The van der Waals surface area contributed by atoms with Crippen LogP contribution in [-0.2, 0) is 9.53 Å². The topological polar surface area (TPSA) is 79.0 Å². The third kappa shape index (κ3) is 5.07. The van der Waals surface area contributed by atoms with Crippen molar-refractivity contribution in [1.29, 1.82) is 0 Å². The number of aryl methyl sites for hydroxylation is 1. The predicted molar refractivity (Wildman–Crippen MR) is 129 cm³/mol. The molecule has 0 unspecified atom stereocenters. The summed E-state index contributed by atoms with van der Waals surface area (Å²) in [5, 5.41) is 2.94. The highest BCUT2D eigenvalue weighted by Crippen LogP contribution is 2.39. The van der Waals surface area contributed by atoms with Crippen LogP contribution in [0.3, 0.4) is 0 Å². The molecule has 0 bridgehead atoms. The summed E-state index contributed by atoms with van der Waals surface area (Å²) < 4.78 is 19.8. The van der Waals surface area contributed by atoms with Crippen LogP contribution in [0.1, 0.15) is 53.0 Å². The number of carbonyl (C=O) groups is 3. The van der Waals surface area contributed by atoms with E-state index in [0.717, 1.165) is 5.56 Å². The number of halogens is 1. The van der Waals surface area contributed by atoms with Gasteiger partial charge in [-0.3, -0.25) is 19.3 Å². The van der Waals surface area contributed by atoms with E-state index in [0.29, 0.717) is 38.0 Å². The molecule has 4 rings (SSSR count). The Kier molecular flexibility index (Phi) is 7.21. The van der Waals surface area contributed by atoms with Gasteiger partial charge in [0.2, 0.25) is 5.91 Å². The molecule has 3 amide bonds. The van der Waals surface area contributed by atoms with Gasteiger partial charge in [0.1, 0.15) is 17.6 Å². The summed E-state index contributed by atoms with van der Waals surface area (Å²) in [5.74, 6) is -0.951. The normalized spacial score (nSPS) is 19.3. The van der Waals surface area contributed by atoms with E-state index in [1.165, 1.54) is 18.2 Å². The first-order valence-corrected chi connectivity index (χ1v) is 12.1. The van der Waals surface area contributed by atoms with Crippen molar-refractivity contribution >= 4 is 17.7 Å². The van der Waals surface area contributed by atoms with Crippen molar-refractivity contribution < 1.29 is 23.5 Å². The van der Waals surface area contributed by atoms with Crippen LogP contribution in [0, 0.1) is 18.7 Å². The Labute approximate surface area is 205 Å². The van der Waals surface area contributed by atoms with E-state index in [1.54, 1.807) is 28.0 Å². The molecular weight excluding hydrogens is 449 g/mol. The second-order valence-corrected chi connectivity index (χ2v) is 9.70. The maximum atomic E-state index is 13.8. The number of hydrogen-bond donors (Lipinski definition) is 1. The second kappa shape index (κ2) is 10.2. The zero-order chi connectivity index (χ0) is 25.2. The second-order valence-electron chi connectivity index (χ2n) is 9.70. The minimum atomic E-state index is -0.988. The summed E-state index contributed by atoms with van der Waals surface area (Å²) in [7, 11) is 0. The Bertz CT molecular complexity index is 1110. The fourth-order valence-electron chi connectivity index (χ4n) is 4.80. The molecule has 35 heavy (non-hydrogen) atoms. The average molecular weight is 482 g/mol. The van der Waals surface area contributed by atoms with E-state index >= 15 is 0 Å². The molecule has 186 valence electrons. The zero-order valence-corrected chi connectivity index (χ0v) is 20.4. The van der Waals surface area contributed by atoms with Gasteiger partial charge in [0.05, 0.1) is 6.61 Å². The van der Waals surface area contributed by atoms with Crippen molar-refractivity contribution in [2.45, 2.75) is 45.4 Å². The lowest BCUT2D eigenvalue weighted by atomic mass is 9.95. The molecule has 0 saturated carbocycles. The van der Waals surface area contributed by atoms with Gasteiger partial charge in [-0.2, -0.15) is 0 Å². The van der Waals surface area contributed by atoms with Crippen molar-refractivity contribution in [2.75, 3.05) is 26.2 Å². The van der Waals surface area contributed by atoms with Gasteiger partial charge in [-0.05, 0) is 42.7 Å². The number of nitrogens with one attached hydrogen (secondary N) is 1. The van der Waals surface area contributed by atoms with E-state index < -0.39 is 17.6 Å². The Morgan fingerprint density at radius 3 is 2.46 bits per heavy atom. The molecule has 2 aromatic carbocycles. The Hall–Kier alpha value is -3.26. The molecule has 2 aromatic rings. The minimum Gasteiger partial charge on any atom is -0.354 e. The predicted octanol–water partition coefficient (Wildman–Crippen LogP) is 3.38. The van der Waals surface area contributed by atoms with Crippen LogP contribution in [-0.4, -0.2) is 65.5 Å². The van der Waals surface area contributed by atoms with E-state index in [1.807, 2.05) is 32.9 Å². The summed E-state index contributed by atoms with van der Waals surface area (Å²) in [5.41, 5.74) is 0.641. The number of likely N-dealkylation sites (tertiary alicyclic amines) is 1. The van der Waals surface area contributed by atoms with Gasteiger partial charge in [0, 0.05) is 43.6 Å². The van der Waals surface area contributed by atoms with Gasteiger partial charge in [0.25, 0.3) is 11.8 Å². The third-order valence-corrected chi connectivity index (χ3v) is 6.75. The van der Waals surface area contributed by atoms with Crippen molar-refractivity contribution in [3.63, 3.8) is 0 Å². The number of rotatable bonds is 5. The van der Waals surface area contributed by atoms with Crippen molar-refractivity contribution in [2.24, 2.45) is 5.92 Å². The van der Waals surface area contributed by atoms with Crippen LogP contribution in [0.4, 0.5) is 4.39 Å².